The molecule has 0 saturated carbocycles. The lowest BCUT2D eigenvalue weighted by atomic mass is 9.86. The lowest BCUT2D eigenvalue weighted by Gasteiger charge is -2.28. The Kier molecular flexibility index (Phi) is 4.01. The monoisotopic (exact) mass is 269 g/mol. The molecule has 104 valence electrons. The molecule has 0 unspecified atom stereocenters. The summed E-state index contributed by atoms with van der Waals surface area (Å²) in [6.07, 6.45) is 1.33. The maximum absolute atomic E-state index is 13.8. The number of hydrogen-bond acceptors (Lipinski definition) is 4. The molecule has 1 aliphatic rings. The van der Waals surface area contributed by atoms with Gasteiger partial charge in [-0.1, -0.05) is 0 Å². The first kappa shape index (κ1) is 13.8. The van der Waals surface area contributed by atoms with E-state index in [4.69, 9.17) is 15.6 Å². The molecule has 0 amide bonds. The van der Waals surface area contributed by atoms with Crippen LogP contribution in [0.3, 0.4) is 0 Å². The molecular weight excluding hydrogens is 253 g/mol. The smallest absolute Gasteiger partial charge is 0.339 e. The Bertz CT molecular complexity index is 486. The Balaban J connectivity index is 2.37. The van der Waals surface area contributed by atoms with Crippen molar-refractivity contribution < 1.29 is 24.1 Å². The minimum Gasteiger partial charge on any atom is -0.507 e. The second-order valence-corrected chi connectivity index (χ2v) is 4.64. The van der Waals surface area contributed by atoms with Crippen molar-refractivity contribution in [3.8, 4) is 5.75 Å². The van der Waals surface area contributed by atoms with E-state index in [9.17, 15) is 14.3 Å². The summed E-state index contributed by atoms with van der Waals surface area (Å²) in [7, 11) is 0. The first-order valence-corrected chi connectivity index (χ1v) is 6.10. The SMILES string of the molecule is N[C@@H](c1c(F)ccc(C(=O)O)c1O)C1CCOCC1. The van der Waals surface area contributed by atoms with Gasteiger partial charge in [-0.25, -0.2) is 9.18 Å². The maximum atomic E-state index is 13.8. The van der Waals surface area contributed by atoms with Gasteiger partial charge in [0, 0.05) is 24.8 Å². The molecule has 1 aromatic carbocycles. The number of carbonyl (C=O) groups is 1. The molecule has 19 heavy (non-hydrogen) atoms. The summed E-state index contributed by atoms with van der Waals surface area (Å²) >= 11 is 0. The lowest BCUT2D eigenvalue weighted by Crippen LogP contribution is -2.28. The molecule has 2 rings (SSSR count). The summed E-state index contributed by atoms with van der Waals surface area (Å²) in [6.45, 7) is 1.08. The van der Waals surface area contributed by atoms with Crippen LogP contribution in [0.5, 0.6) is 5.75 Å². The third-order valence-corrected chi connectivity index (χ3v) is 3.50. The van der Waals surface area contributed by atoms with Crippen molar-refractivity contribution in [3.63, 3.8) is 0 Å². The number of carboxylic acid groups (broad SMARTS) is 1. The lowest BCUT2D eigenvalue weighted by molar-refractivity contribution is 0.0575. The zero-order chi connectivity index (χ0) is 14.0. The highest BCUT2D eigenvalue weighted by Crippen LogP contribution is 2.36. The van der Waals surface area contributed by atoms with Crippen molar-refractivity contribution in [2.45, 2.75) is 18.9 Å². The number of halogens is 1. The van der Waals surface area contributed by atoms with Crippen molar-refractivity contribution in [1.82, 2.24) is 0 Å². The molecule has 4 N–H and O–H groups in total. The van der Waals surface area contributed by atoms with Gasteiger partial charge in [0.25, 0.3) is 0 Å². The first-order chi connectivity index (χ1) is 9.02. The summed E-state index contributed by atoms with van der Waals surface area (Å²) in [5.41, 5.74) is 5.54. The van der Waals surface area contributed by atoms with Crippen LogP contribution >= 0.6 is 0 Å². The van der Waals surface area contributed by atoms with E-state index in [0.29, 0.717) is 26.1 Å². The number of phenols is 1. The quantitative estimate of drug-likeness (QED) is 0.776. The van der Waals surface area contributed by atoms with Gasteiger partial charge in [-0.05, 0) is 30.9 Å². The second-order valence-electron chi connectivity index (χ2n) is 4.64. The average molecular weight is 269 g/mol. The Morgan fingerprint density at radius 3 is 2.63 bits per heavy atom. The van der Waals surface area contributed by atoms with Gasteiger partial charge in [-0.2, -0.15) is 0 Å². The molecule has 1 aromatic rings. The molecule has 1 heterocycles. The van der Waals surface area contributed by atoms with Gasteiger partial charge >= 0.3 is 5.97 Å². The highest BCUT2D eigenvalue weighted by molar-refractivity contribution is 5.91. The summed E-state index contributed by atoms with van der Waals surface area (Å²) < 4.78 is 19.0. The number of carboxylic acids is 1. The van der Waals surface area contributed by atoms with Crippen LogP contribution in [0.4, 0.5) is 4.39 Å². The number of aromatic carboxylic acids is 1. The van der Waals surface area contributed by atoms with E-state index in [1.54, 1.807) is 0 Å². The van der Waals surface area contributed by atoms with Gasteiger partial charge in [0.05, 0.1) is 0 Å². The van der Waals surface area contributed by atoms with Crippen molar-refractivity contribution in [1.29, 1.82) is 0 Å². The molecule has 1 fully saturated rings. The van der Waals surface area contributed by atoms with Crippen LogP contribution in [0.15, 0.2) is 12.1 Å². The van der Waals surface area contributed by atoms with E-state index in [1.807, 2.05) is 0 Å². The predicted molar refractivity (Wildman–Crippen MR) is 65.5 cm³/mol. The molecule has 0 spiro atoms. The summed E-state index contributed by atoms with van der Waals surface area (Å²) in [4.78, 5) is 10.9. The molecular formula is C13H16FNO4. The van der Waals surface area contributed by atoms with Crippen LogP contribution < -0.4 is 5.73 Å². The number of aromatic hydroxyl groups is 1. The van der Waals surface area contributed by atoms with Gasteiger partial charge in [-0.3, -0.25) is 0 Å². The zero-order valence-corrected chi connectivity index (χ0v) is 10.3. The van der Waals surface area contributed by atoms with Crippen LogP contribution in [0.1, 0.15) is 34.8 Å². The van der Waals surface area contributed by atoms with Crippen LogP contribution in [0, 0.1) is 11.7 Å². The summed E-state index contributed by atoms with van der Waals surface area (Å²) in [5.74, 6) is -2.59. The van der Waals surface area contributed by atoms with Gasteiger partial charge in [0.1, 0.15) is 17.1 Å². The van der Waals surface area contributed by atoms with Gasteiger partial charge in [0.15, 0.2) is 0 Å². The Labute approximate surface area is 109 Å². The largest absolute Gasteiger partial charge is 0.507 e. The molecule has 1 aliphatic heterocycles. The number of ether oxygens (including phenoxy) is 1. The predicted octanol–water partition coefficient (Wildman–Crippen LogP) is 1.66. The van der Waals surface area contributed by atoms with Gasteiger partial charge in [-0.15, -0.1) is 0 Å². The fourth-order valence-electron chi connectivity index (χ4n) is 2.38. The Morgan fingerprint density at radius 1 is 1.42 bits per heavy atom. The Hall–Kier alpha value is -1.66. The molecule has 0 aromatic heterocycles. The molecule has 0 bridgehead atoms. The fraction of sp³-hybridized carbons (Fsp3) is 0.462. The van der Waals surface area contributed by atoms with Crippen LogP contribution in [0.2, 0.25) is 0 Å². The van der Waals surface area contributed by atoms with E-state index >= 15 is 0 Å². The summed E-state index contributed by atoms with van der Waals surface area (Å²) in [6, 6.07) is 1.33. The number of benzene rings is 1. The minimum atomic E-state index is -1.31. The molecule has 0 aliphatic carbocycles. The average Bonchev–Trinajstić information content (AvgIpc) is 2.39. The third kappa shape index (κ3) is 2.69. The third-order valence-electron chi connectivity index (χ3n) is 3.50. The van der Waals surface area contributed by atoms with E-state index in [0.717, 1.165) is 12.1 Å². The number of rotatable bonds is 3. The number of hydrogen-bond donors (Lipinski definition) is 3. The molecule has 1 atom stereocenters. The standard InChI is InChI=1S/C13H16FNO4/c14-9-2-1-8(13(17)18)12(16)10(9)11(15)7-3-5-19-6-4-7/h1-2,7,11,16H,3-6,15H2,(H,17,18)/t11-/m1/s1. The molecule has 1 saturated heterocycles. The second kappa shape index (κ2) is 5.54. The first-order valence-electron chi connectivity index (χ1n) is 6.10. The highest BCUT2D eigenvalue weighted by atomic mass is 19.1. The van der Waals surface area contributed by atoms with Crippen molar-refractivity contribution in [2.75, 3.05) is 13.2 Å². The van der Waals surface area contributed by atoms with Crippen LogP contribution in [-0.2, 0) is 4.74 Å². The van der Waals surface area contributed by atoms with Crippen molar-refractivity contribution in [3.05, 3.63) is 29.1 Å². The fourth-order valence-corrected chi connectivity index (χ4v) is 2.38. The van der Waals surface area contributed by atoms with Gasteiger partial charge in [0.2, 0.25) is 0 Å². The summed E-state index contributed by atoms with van der Waals surface area (Å²) in [5, 5.41) is 18.8. The Morgan fingerprint density at radius 2 is 2.05 bits per heavy atom. The topological polar surface area (TPSA) is 92.8 Å². The van der Waals surface area contributed by atoms with Crippen molar-refractivity contribution >= 4 is 5.97 Å². The maximum Gasteiger partial charge on any atom is 0.339 e. The van der Waals surface area contributed by atoms with E-state index in [1.165, 1.54) is 0 Å². The van der Waals surface area contributed by atoms with E-state index in [-0.39, 0.29) is 17.0 Å². The van der Waals surface area contributed by atoms with E-state index < -0.39 is 23.6 Å². The molecule has 5 nitrogen and oxygen atoms in total. The number of nitrogens with two attached hydrogens (primary N) is 1. The van der Waals surface area contributed by atoms with Crippen LogP contribution in [-0.4, -0.2) is 29.4 Å². The molecule has 6 heteroatoms. The normalized spacial score (nSPS) is 18.2. The van der Waals surface area contributed by atoms with Crippen LogP contribution in [0.25, 0.3) is 0 Å². The van der Waals surface area contributed by atoms with E-state index in [2.05, 4.69) is 0 Å². The highest BCUT2D eigenvalue weighted by Gasteiger charge is 2.29. The minimum absolute atomic E-state index is 0.0294. The zero-order valence-electron chi connectivity index (χ0n) is 10.3. The molecule has 0 radical (unpaired) electrons. The van der Waals surface area contributed by atoms with Crippen molar-refractivity contribution in [2.24, 2.45) is 11.7 Å². The van der Waals surface area contributed by atoms with Gasteiger partial charge < -0.3 is 20.7 Å².